The lowest BCUT2D eigenvalue weighted by Gasteiger charge is -2.13. The van der Waals surface area contributed by atoms with Gasteiger partial charge in [-0.3, -0.25) is 4.68 Å². The smallest absolute Gasteiger partial charge is 0.242 e. The monoisotopic (exact) mass is 262 g/mol. The summed E-state index contributed by atoms with van der Waals surface area (Å²) in [5.74, 6) is 0.990. The molecule has 102 valence electrons. The van der Waals surface area contributed by atoms with Crippen LogP contribution in [0.2, 0.25) is 0 Å². The van der Waals surface area contributed by atoms with Crippen LogP contribution in [0.4, 0.5) is 11.5 Å². The van der Waals surface area contributed by atoms with Crippen LogP contribution in [0.1, 0.15) is 13.8 Å². The highest BCUT2D eigenvalue weighted by atomic mass is 16.5. The number of rotatable bonds is 6. The maximum atomic E-state index is 5.96. The van der Waals surface area contributed by atoms with Crippen molar-refractivity contribution in [2.75, 3.05) is 17.6 Å². The summed E-state index contributed by atoms with van der Waals surface area (Å²) in [6.45, 7) is 5.25. The molecule has 0 aliphatic carbocycles. The van der Waals surface area contributed by atoms with Gasteiger partial charge in [0.25, 0.3) is 0 Å². The maximum absolute atomic E-state index is 5.96. The van der Waals surface area contributed by atoms with Crippen LogP contribution >= 0.6 is 0 Å². The molecule has 0 bridgehead atoms. The molecule has 2 aromatic heterocycles. The lowest BCUT2D eigenvalue weighted by Crippen LogP contribution is -2.15. The molecule has 2 heterocycles. The van der Waals surface area contributed by atoms with E-state index < -0.39 is 0 Å². The molecule has 0 spiro atoms. The number of anilines is 2. The van der Waals surface area contributed by atoms with E-state index in [1.165, 1.54) is 6.33 Å². The Morgan fingerprint density at radius 1 is 1.42 bits per heavy atom. The second-order valence-corrected chi connectivity index (χ2v) is 4.30. The predicted octanol–water partition coefficient (Wildman–Crippen LogP) is 1.15. The first-order chi connectivity index (χ1) is 9.16. The fraction of sp³-hybridized carbons (Fsp3) is 0.417. The minimum absolute atomic E-state index is 0.0223. The fourth-order valence-corrected chi connectivity index (χ4v) is 1.56. The molecule has 2 rings (SSSR count). The van der Waals surface area contributed by atoms with Gasteiger partial charge in [0.1, 0.15) is 12.0 Å². The number of nitrogens with one attached hydrogen (secondary N) is 1. The molecule has 0 aliphatic heterocycles. The predicted molar refractivity (Wildman–Crippen MR) is 72.9 cm³/mol. The van der Waals surface area contributed by atoms with Crippen LogP contribution in [0, 0.1) is 0 Å². The maximum Gasteiger partial charge on any atom is 0.242 e. The molecule has 19 heavy (non-hydrogen) atoms. The minimum atomic E-state index is 0.0223. The van der Waals surface area contributed by atoms with Gasteiger partial charge >= 0.3 is 0 Å². The molecule has 7 heteroatoms. The molecule has 3 N–H and O–H groups in total. The van der Waals surface area contributed by atoms with Gasteiger partial charge in [0.05, 0.1) is 12.6 Å². The zero-order valence-electron chi connectivity index (χ0n) is 11.1. The topological polar surface area (TPSA) is 90.9 Å². The Labute approximate surface area is 111 Å². The Hall–Kier alpha value is -2.31. The van der Waals surface area contributed by atoms with Crippen LogP contribution in [0.25, 0.3) is 0 Å². The Morgan fingerprint density at radius 3 is 2.95 bits per heavy atom. The van der Waals surface area contributed by atoms with Gasteiger partial charge in [-0.25, -0.2) is 4.98 Å². The summed E-state index contributed by atoms with van der Waals surface area (Å²) >= 11 is 0. The number of hydrogen-bond acceptors (Lipinski definition) is 6. The van der Waals surface area contributed by atoms with E-state index in [2.05, 4.69) is 20.4 Å². The van der Waals surface area contributed by atoms with Crippen LogP contribution < -0.4 is 15.8 Å². The molecule has 0 atom stereocenters. The molecule has 0 amide bonds. The van der Waals surface area contributed by atoms with E-state index in [1.54, 1.807) is 6.20 Å². The summed E-state index contributed by atoms with van der Waals surface area (Å²) in [4.78, 5) is 8.13. The molecule has 0 fully saturated rings. The fourth-order valence-electron chi connectivity index (χ4n) is 1.56. The van der Waals surface area contributed by atoms with Crippen molar-refractivity contribution >= 4 is 11.5 Å². The van der Waals surface area contributed by atoms with Crippen molar-refractivity contribution in [2.45, 2.75) is 26.5 Å². The molecule has 2 aromatic rings. The van der Waals surface area contributed by atoms with Crippen LogP contribution in [-0.4, -0.2) is 32.4 Å². The van der Waals surface area contributed by atoms with Gasteiger partial charge in [-0.1, -0.05) is 0 Å². The largest absolute Gasteiger partial charge is 0.473 e. The third kappa shape index (κ3) is 3.57. The van der Waals surface area contributed by atoms with E-state index in [4.69, 9.17) is 10.5 Å². The van der Waals surface area contributed by atoms with Gasteiger partial charge in [-0.05, 0) is 19.9 Å². The third-order valence-corrected chi connectivity index (χ3v) is 2.39. The first-order valence-corrected chi connectivity index (χ1v) is 6.15. The quantitative estimate of drug-likeness (QED) is 0.811. The van der Waals surface area contributed by atoms with Crippen molar-refractivity contribution in [3.05, 3.63) is 24.8 Å². The van der Waals surface area contributed by atoms with E-state index in [0.717, 1.165) is 6.54 Å². The summed E-state index contributed by atoms with van der Waals surface area (Å²) in [6.07, 6.45) is 5.10. The lowest BCUT2D eigenvalue weighted by molar-refractivity contribution is 0.234. The molecule has 0 aliphatic rings. The van der Waals surface area contributed by atoms with Crippen molar-refractivity contribution in [1.82, 2.24) is 19.7 Å². The standard InChI is InChI=1S/C12H18N6O/c1-9(2)19-12-10(13)11(15-8-16-12)14-5-7-18-6-3-4-17-18/h3-4,6,8-9H,5,7,13H2,1-2H3,(H,14,15,16). The summed E-state index contributed by atoms with van der Waals surface area (Å²) in [7, 11) is 0. The van der Waals surface area contributed by atoms with Crippen molar-refractivity contribution in [2.24, 2.45) is 0 Å². The molecule has 7 nitrogen and oxygen atoms in total. The van der Waals surface area contributed by atoms with E-state index >= 15 is 0 Å². The molecule has 0 aromatic carbocycles. The van der Waals surface area contributed by atoms with Crippen molar-refractivity contribution in [3.63, 3.8) is 0 Å². The normalized spacial score (nSPS) is 10.7. The first-order valence-electron chi connectivity index (χ1n) is 6.15. The summed E-state index contributed by atoms with van der Waals surface area (Å²) < 4.78 is 7.33. The molecule has 0 unspecified atom stereocenters. The van der Waals surface area contributed by atoms with Crippen LogP contribution in [0.15, 0.2) is 24.8 Å². The minimum Gasteiger partial charge on any atom is -0.473 e. The van der Waals surface area contributed by atoms with Gasteiger partial charge in [-0.2, -0.15) is 10.1 Å². The van der Waals surface area contributed by atoms with E-state index in [-0.39, 0.29) is 6.10 Å². The highest BCUT2D eigenvalue weighted by Gasteiger charge is 2.10. The van der Waals surface area contributed by atoms with E-state index in [9.17, 15) is 0 Å². The molecule has 0 radical (unpaired) electrons. The molecule has 0 saturated carbocycles. The molecule has 0 saturated heterocycles. The Kier molecular flexibility index (Phi) is 4.17. The van der Waals surface area contributed by atoms with Crippen molar-refractivity contribution in [3.8, 4) is 5.88 Å². The highest BCUT2D eigenvalue weighted by molar-refractivity contribution is 5.66. The number of hydrogen-bond donors (Lipinski definition) is 2. The summed E-state index contributed by atoms with van der Waals surface area (Å²) in [5.41, 5.74) is 6.38. The second-order valence-electron chi connectivity index (χ2n) is 4.30. The van der Waals surface area contributed by atoms with Crippen LogP contribution in [0.3, 0.4) is 0 Å². The number of nitrogen functional groups attached to an aromatic ring is 1. The lowest BCUT2D eigenvalue weighted by atomic mass is 10.4. The average Bonchev–Trinajstić information content (AvgIpc) is 2.86. The third-order valence-electron chi connectivity index (χ3n) is 2.39. The van der Waals surface area contributed by atoms with Crippen molar-refractivity contribution < 1.29 is 4.74 Å². The van der Waals surface area contributed by atoms with Crippen LogP contribution in [-0.2, 0) is 6.54 Å². The number of nitrogens with zero attached hydrogens (tertiary/aromatic N) is 4. The molecular formula is C12H18N6O. The molecular weight excluding hydrogens is 244 g/mol. The summed E-state index contributed by atoms with van der Waals surface area (Å²) in [6, 6.07) is 1.88. The zero-order chi connectivity index (χ0) is 13.7. The Morgan fingerprint density at radius 2 is 2.26 bits per heavy atom. The van der Waals surface area contributed by atoms with Gasteiger partial charge < -0.3 is 15.8 Å². The van der Waals surface area contributed by atoms with Gasteiger partial charge in [0, 0.05) is 18.9 Å². The SMILES string of the molecule is CC(C)Oc1ncnc(NCCn2cccn2)c1N. The second kappa shape index (κ2) is 6.03. The number of nitrogens with two attached hydrogens (primary N) is 1. The van der Waals surface area contributed by atoms with Gasteiger partial charge in [-0.15, -0.1) is 0 Å². The summed E-state index contributed by atoms with van der Waals surface area (Å²) in [5, 5.41) is 7.26. The zero-order valence-corrected chi connectivity index (χ0v) is 11.1. The van der Waals surface area contributed by atoms with E-state index in [1.807, 2.05) is 30.8 Å². The van der Waals surface area contributed by atoms with E-state index in [0.29, 0.717) is 23.9 Å². The number of ether oxygens (including phenoxy) is 1. The Bertz CT molecular complexity index is 511. The highest BCUT2D eigenvalue weighted by Crippen LogP contribution is 2.25. The van der Waals surface area contributed by atoms with Crippen molar-refractivity contribution in [1.29, 1.82) is 0 Å². The first kappa shape index (κ1) is 13.1. The van der Waals surface area contributed by atoms with Crippen LogP contribution in [0.5, 0.6) is 5.88 Å². The van der Waals surface area contributed by atoms with Gasteiger partial charge in [0.15, 0.2) is 5.82 Å². The number of aromatic nitrogens is 4. The average molecular weight is 262 g/mol. The van der Waals surface area contributed by atoms with Gasteiger partial charge in [0.2, 0.25) is 5.88 Å². The Balaban J connectivity index is 1.96.